The lowest BCUT2D eigenvalue weighted by Crippen LogP contribution is -2.43. The second-order valence-corrected chi connectivity index (χ2v) is 6.56. The molecule has 0 unspecified atom stereocenters. The van der Waals surface area contributed by atoms with Crippen molar-refractivity contribution in [1.82, 2.24) is 5.32 Å². The van der Waals surface area contributed by atoms with Gasteiger partial charge in [-0.3, -0.25) is 4.79 Å². The fourth-order valence-electron chi connectivity index (χ4n) is 3.70. The lowest BCUT2D eigenvalue weighted by molar-refractivity contribution is -0.126. The maximum Gasteiger partial charge on any atom is 0.230 e. The van der Waals surface area contributed by atoms with Crippen molar-refractivity contribution in [1.29, 1.82) is 0 Å². The summed E-state index contributed by atoms with van der Waals surface area (Å²) >= 11 is 0. The molecule has 3 nitrogen and oxygen atoms in total. The summed E-state index contributed by atoms with van der Waals surface area (Å²) in [6, 6.07) is 8.37. The van der Waals surface area contributed by atoms with Crippen molar-refractivity contribution < 1.29 is 4.79 Å². The average molecular weight is 339 g/mol. The Kier molecular flexibility index (Phi) is 8.64. The van der Waals surface area contributed by atoms with Crippen LogP contribution in [0.3, 0.4) is 0 Å². The number of hydrogen-bond donors (Lipinski definition) is 2. The van der Waals surface area contributed by atoms with E-state index in [-0.39, 0.29) is 23.7 Å². The number of hydrogen-bond acceptors (Lipinski definition) is 2. The van der Waals surface area contributed by atoms with Crippen LogP contribution in [0.2, 0.25) is 0 Å². The van der Waals surface area contributed by atoms with Gasteiger partial charge >= 0.3 is 0 Å². The minimum absolute atomic E-state index is 0. The molecular weight excluding hydrogens is 308 g/mol. The topological polar surface area (TPSA) is 55.1 Å². The monoisotopic (exact) mass is 338 g/mol. The first-order valence-electron chi connectivity index (χ1n) is 8.75. The summed E-state index contributed by atoms with van der Waals surface area (Å²) in [5.74, 6) is 0.234. The van der Waals surface area contributed by atoms with E-state index in [1.807, 2.05) is 0 Å². The first-order valence-corrected chi connectivity index (χ1v) is 8.75. The molecule has 2 rings (SSSR count). The predicted molar refractivity (Wildman–Crippen MR) is 99.1 cm³/mol. The Morgan fingerprint density at radius 1 is 1.13 bits per heavy atom. The van der Waals surface area contributed by atoms with E-state index in [4.69, 9.17) is 5.73 Å². The van der Waals surface area contributed by atoms with Gasteiger partial charge in [-0.25, -0.2) is 0 Å². The van der Waals surface area contributed by atoms with E-state index < -0.39 is 0 Å². The number of amides is 1. The van der Waals surface area contributed by atoms with Gasteiger partial charge in [0.15, 0.2) is 0 Å². The average Bonchev–Trinajstić information content (AvgIpc) is 3.02. The van der Waals surface area contributed by atoms with E-state index in [0.717, 1.165) is 64.5 Å². The van der Waals surface area contributed by atoms with Crippen molar-refractivity contribution in [3.05, 3.63) is 35.4 Å². The molecule has 1 aliphatic carbocycles. The summed E-state index contributed by atoms with van der Waals surface area (Å²) in [6.07, 6.45) is 8.71. The van der Waals surface area contributed by atoms with Gasteiger partial charge in [0.1, 0.15) is 0 Å². The molecule has 0 atom stereocenters. The van der Waals surface area contributed by atoms with Crippen LogP contribution in [0.15, 0.2) is 24.3 Å². The second-order valence-electron chi connectivity index (χ2n) is 6.56. The molecule has 0 radical (unpaired) electrons. The molecule has 23 heavy (non-hydrogen) atoms. The summed E-state index contributed by atoms with van der Waals surface area (Å²) in [6.45, 7) is 3.68. The van der Waals surface area contributed by atoms with Gasteiger partial charge in [0, 0.05) is 6.54 Å². The number of halogens is 1. The summed E-state index contributed by atoms with van der Waals surface area (Å²) in [4.78, 5) is 12.9. The normalized spacial score (nSPS) is 15.9. The zero-order valence-corrected chi connectivity index (χ0v) is 15.1. The molecule has 0 heterocycles. The highest BCUT2D eigenvalue weighted by Gasteiger charge is 2.43. The van der Waals surface area contributed by atoms with Crippen LogP contribution in [0.4, 0.5) is 0 Å². The van der Waals surface area contributed by atoms with Gasteiger partial charge in [-0.1, -0.05) is 49.9 Å². The minimum atomic E-state index is -0.289. The van der Waals surface area contributed by atoms with Gasteiger partial charge in [0.25, 0.3) is 0 Å². The third kappa shape index (κ3) is 4.95. The minimum Gasteiger partial charge on any atom is -0.355 e. The Balaban J connectivity index is 0.00000264. The molecule has 4 heteroatoms. The Morgan fingerprint density at radius 2 is 1.78 bits per heavy atom. The van der Waals surface area contributed by atoms with Crippen molar-refractivity contribution in [2.24, 2.45) is 5.73 Å². The largest absolute Gasteiger partial charge is 0.355 e. The Labute approximate surface area is 146 Å². The third-order valence-electron chi connectivity index (χ3n) is 4.97. The number of carbonyl (C=O) groups is 1. The third-order valence-corrected chi connectivity index (χ3v) is 4.97. The molecule has 1 aliphatic rings. The molecule has 1 aromatic rings. The smallest absolute Gasteiger partial charge is 0.230 e. The molecule has 0 saturated heterocycles. The van der Waals surface area contributed by atoms with Gasteiger partial charge in [0.2, 0.25) is 5.91 Å². The number of unbranched alkanes of at least 4 members (excludes halogenated alkanes) is 3. The Hall–Kier alpha value is -1.06. The van der Waals surface area contributed by atoms with Crippen LogP contribution in [0.25, 0.3) is 0 Å². The van der Waals surface area contributed by atoms with Crippen LogP contribution >= 0.6 is 12.4 Å². The van der Waals surface area contributed by atoms with E-state index in [1.165, 1.54) is 11.1 Å². The Morgan fingerprint density at radius 3 is 2.43 bits per heavy atom. The number of nitrogens with one attached hydrogen (secondary N) is 1. The second kappa shape index (κ2) is 9.94. The van der Waals surface area contributed by atoms with Gasteiger partial charge in [0.05, 0.1) is 5.41 Å². The van der Waals surface area contributed by atoms with Crippen LogP contribution in [0.5, 0.6) is 0 Å². The fourth-order valence-corrected chi connectivity index (χ4v) is 3.70. The van der Waals surface area contributed by atoms with Crippen LogP contribution in [0.1, 0.15) is 62.5 Å². The zero-order valence-electron chi connectivity index (χ0n) is 14.3. The van der Waals surface area contributed by atoms with Gasteiger partial charge in [-0.05, 0) is 50.3 Å². The summed E-state index contributed by atoms with van der Waals surface area (Å²) in [5, 5.41) is 3.20. The molecule has 0 spiro atoms. The van der Waals surface area contributed by atoms with Crippen LogP contribution in [0, 0.1) is 6.92 Å². The molecule has 1 saturated carbocycles. The number of rotatable bonds is 8. The van der Waals surface area contributed by atoms with Crippen LogP contribution in [-0.2, 0) is 10.2 Å². The fraction of sp³-hybridized carbons (Fsp3) is 0.632. The summed E-state index contributed by atoms with van der Waals surface area (Å²) < 4.78 is 0. The first-order chi connectivity index (χ1) is 10.7. The van der Waals surface area contributed by atoms with Gasteiger partial charge in [-0.2, -0.15) is 0 Å². The SMILES string of the molecule is Cc1ccccc1C1(C(=O)NCCCCCCN)CCCC1.Cl. The predicted octanol–water partition coefficient (Wildman–Crippen LogP) is 3.86. The van der Waals surface area contributed by atoms with Crippen molar-refractivity contribution in [3.8, 4) is 0 Å². The molecule has 1 aromatic carbocycles. The van der Waals surface area contributed by atoms with E-state index in [9.17, 15) is 4.79 Å². The molecule has 0 aliphatic heterocycles. The number of aryl methyl sites for hydroxylation is 1. The van der Waals surface area contributed by atoms with Crippen LogP contribution < -0.4 is 11.1 Å². The lowest BCUT2D eigenvalue weighted by Gasteiger charge is -2.30. The maximum atomic E-state index is 12.9. The highest BCUT2D eigenvalue weighted by Crippen LogP contribution is 2.42. The standard InChI is InChI=1S/C19H30N2O.ClH/c1-16-10-4-5-11-17(16)19(12-6-7-13-19)18(22)21-15-9-3-2-8-14-20;/h4-5,10-11H,2-3,6-9,12-15,20H2,1H3,(H,21,22);1H. The van der Waals surface area contributed by atoms with E-state index in [1.54, 1.807) is 0 Å². The summed E-state index contributed by atoms with van der Waals surface area (Å²) in [5.41, 5.74) is 7.68. The van der Waals surface area contributed by atoms with Gasteiger partial charge in [-0.15, -0.1) is 12.4 Å². The maximum absolute atomic E-state index is 12.9. The molecule has 1 amide bonds. The van der Waals surface area contributed by atoms with Crippen LogP contribution in [-0.4, -0.2) is 19.0 Å². The quantitative estimate of drug-likeness (QED) is 0.707. The van der Waals surface area contributed by atoms with E-state index >= 15 is 0 Å². The molecule has 1 fully saturated rings. The molecular formula is C19H31ClN2O. The van der Waals surface area contributed by atoms with Crippen molar-refractivity contribution in [3.63, 3.8) is 0 Å². The molecule has 0 bridgehead atoms. The highest BCUT2D eigenvalue weighted by atomic mass is 35.5. The molecule has 3 N–H and O–H groups in total. The van der Waals surface area contributed by atoms with Crippen molar-refractivity contribution in [2.75, 3.05) is 13.1 Å². The zero-order chi connectivity index (χ0) is 15.8. The van der Waals surface area contributed by atoms with Gasteiger partial charge < -0.3 is 11.1 Å². The highest BCUT2D eigenvalue weighted by molar-refractivity contribution is 5.89. The number of carbonyl (C=O) groups excluding carboxylic acids is 1. The number of benzene rings is 1. The van der Waals surface area contributed by atoms with E-state index in [2.05, 4.69) is 36.5 Å². The van der Waals surface area contributed by atoms with Crippen molar-refractivity contribution >= 4 is 18.3 Å². The first kappa shape index (κ1) is 20.0. The molecule has 130 valence electrons. The van der Waals surface area contributed by atoms with E-state index in [0.29, 0.717) is 0 Å². The molecule has 0 aromatic heterocycles. The Bertz CT molecular complexity index is 484. The van der Waals surface area contributed by atoms with Crippen molar-refractivity contribution in [2.45, 2.75) is 63.7 Å². The summed E-state index contributed by atoms with van der Waals surface area (Å²) in [7, 11) is 0. The number of nitrogens with two attached hydrogens (primary N) is 1. The lowest BCUT2D eigenvalue weighted by atomic mass is 9.76.